The first kappa shape index (κ1) is 27.5. The van der Waals surface area contributed by atoms with Gasteiger partial charge in [0.15, 0.2) is 0 Å². The number of carbonyl (C=O) groups excluding carboxylic acids is 3. The van der Waals surface area contributed by atoms with E-state index in [1.54, 1.807) is 36.3 Å². The van der Waals surface area contributed by atoms with E-state index in [-0.39, 0.29) is 17.2 Å². The third kappa shape index (κ3) is 4.41. The molecule has 5 aromatic rings. The van der Waals surface area contributed by atoms with Crippen molar-refractivity contribution in [1.82, 2.24) is 9.88 Å². The van der Waals surface area contributed by atoms with Crippen LogP contribution in [0.4, 0.5) is 16.2 Å². The third-order valence-electron chi connectivity index (χ3n) is 8.68. The van der Waals surface area contributed by atoms with Gasteiger partial charge in [-0.25, -0.2) is 9.69 Å². The van der Waals surface area contributed by atoms with Crippen LogP contribution in [0.15, 0.2) is 97.1 Å². The van der Waals surface area contributed by atoms with E-state index >= 15 is 0 Å². The zero-order valence-corrected chi connectivity index (χ0v) is 24.7. The van der Waals surface area contributed by atoms with E-state index < -0.39 is 24.0 Å². The summed E-state index contributed by atoms with van der Waals surface area (Å²) in [5, 5.41) is 3.96. The number of ether oxygens (including phenoxy) is 1. The monoisotopic (exact) mass is 584 g/mol. The molecule has 44 heavy (non-hydrogen) atoms. The number of aromatic amines is 1. The minimum absolute atomic E-state index is 0.240. The molecule has 0 bridgehead atoms. The van der Waals surface area contributed by atoms with E-state index in [1.807, 2.05) is 72.8 Å². The molecule has 2 atom stereocenters. The van der Waals surface area contributed by atoms with Crippen LogP contribution in [0.2, 0.25) is 0 Å². The van der Waals surface area contributed by atoms with Gasteiger partial charge in [0.05, 0.1) is 18.4 Å². The fourth-order valence-electron chi connectivity index (χ4n) is 6.46. The van der Waals surface area contributed by atoms with Crippen molar-refractivity contribution in [3.05, 3.63) is 125 Å². The Hall–Kier alpha value is -5.37. The maximum absolute atomic E-state index is 14.4. The highest BCUT2D eigenvalue weighted by Gasteiger charge is 2.53. The molecule has 0 spiro atoms. The topological polar surface area (TPSA) is 94.7 Å². The number of H-pyrrole nitrogens is 1. The molecule has 3 heterocycles. The van der Waals surface area contributed by atoms with Crippen LogP contribution in [-0.2, 0) is 11.2 Å². The van der Waals surface area contributed by atoms with E-state index in [0.29, 0.717) is 23.8 Å². The van der Waals surface area contributed by atoms with Gasteiger partial charge in [0.25, 0.3) is 11.8 Å². The van der Waals surface area contributed by atoms with Gasteiger partial charge in [-0.15, -0.1) is 0 Å². The molecule has 1 aromatic heterocycles. The summed E-state index contributed by atoms with van der Waals surface area (Å²) in [4.78, 5) is 48.6. The lowest BCUT2D eigenvalue weighted by molar-refractivity contribution is -0.120. The van der Waals surface area contributed by atoms with E-state index in [0.717, 1.165) is 33.3 Å². The van der Waals surface area contributed by atoms with Crippen LogP contribution in [0.5, 0.6) is 5.75 Å². The van der Waals surface area contributed by atoms with Crippen molar-refractivity contribution < 1.29 is 19.1 Å². The van der Waals surface area contributed by atoms with Crippen LogP contribution in [0, 0.1) is 0 Å². The number of nitrogens with zero attached hydrogens (tertiary/aromatic N) is 2. The number of methoxy groups -OCH3 is 1. The Balaban J connectivity index is 1.29. The molecule has 0 unspecified atom stereocenters. The van der Waals surface area contributed by atoms with Crippen LogP contribution in [0.3, 0.4) is 0 Å². The zero-order chi connectivity index (χ0) is 30.5. The van der Waals surface area contributed by atoms with Crippen molar-refractivity contribution in [2.75, 3.05) is 17.3 Å². The number of carbonyl (C=O) groups is 3. The molecule has 8 nitrogen and oxygen atoms in total. The largest absolute Gasteiger partial charge is 0.497 e. The Labute approximate surface area is 255 Å². The SMILES string of the molecule is COc1cccc([C@H]2c3[nH]c4ccccc4c3C[C@H]3C(=O)N(c4ccccc4C(=O)Nc4ccc(C(C)C)cc4)C(=O)N23)c1. The number of nitrogens with one attached hydrogen (secondary N) is 2. The van der Waals surface area contributed by atoms with Crippen molar-refractivity contribution in [1.29, 1.82) is 0 Å². The molecule has 0 saturated carbocycles. The second-order valence-corrected chi connectivity index (χ2v) is 11.6. The Morgan fingerprint density at radius 2 is 1.68 bits per heavy atom. The predicted molar refractivity (Wildman–Crippen MR) is 170 cm³/mol. The molecule has 8 heteroatoms. The first-order valence-electron chi connectivity index (χ1n) is 14.8. The van der Waals surface area contributed by atoms with Gasteiger partial charge >= 0.3 is 6.03 Å². The predicted octanol–water partition coefficient (Wildman–Crippen LogP) is 7.04. The van der Waals surface area contributed by atoms with Crippen molar-refractivity contribution in [2.45, 2.75) is 38.3 Å². The molecule has 0 radical (unpaired) electrons. The minimum Gasteiger partial charge on any atom is -0.497 e. The van der Waals surface area contributed by atoms with E-state index in [2.05, 4.69) is 24.1 Å². The summed E-state index contributed by atoms with van der Waals surface area (Å²) in [7, 11) is 1.60. The molecule has 2 aliphatic heterocycles. The molecule has 1 fully saturated rings. The van der Waals surface area contributed by atoms with Crippen molar-refractivity contribution in [2.24, 2.45) is 0 Å². The first-order chi connectivity index (χ1) is 21.4. The maximum atomic E-state index is 14.4. The van der Waals surface area contributed by atoms with Gasteiger partial charge < -0.3 is 15.0 Å². The summed E-state index contributed by atoms with van der Waals surface area (Å²) in [5.41, 5.74) is 5.94. The van der Waals surface area contributed by atoms with Crippen LogP contribution in [0.25, 0.3) is 10.9 Å². The van der Waals surface area contributed by atoms with Gasteiger partial charge in [-0.2, -0.15) is 0 Å². The Kier molecular flexibility index (Phi) is 6.69. The average Bonchev–Trinajstić information content (AvgIpc) is 3.54. The van der Waals surface area contributed by atoms with Gasteiger partial charge in [0, 0.05) is 28.7 Å². The first-order valence-corrected chi connectivity index (χ1v) is 14.8. The lowest BCUT2D eigenvalue weighted by Crippen LogP contribution is -2.44. The molecule has 0 aliphatic carbocycles. The normalized spacial score (nSPS) is 17.6. The number of para-hydroxylation sites is 2. The number of hydrogen-bond acceptors (Lipinski definition) is 4. The summed E-state index contributed by atoms with van der Waals surface area (Å²) in [5.74, 6) is 0.261. The second-order valence-electron chi connectivity index (χ2n) is 11.6. The zero-order valence-electron chi connectivity index (χ0n) is 24.7. The van der Waals surface area contributed by atoms with Crippen molar-refractivity contribution in [3.8, 4) is 5.75 Å². The Morgan fingerprint density at radius 3 is 2.45 bits per heavy atom. The van der Waals surface area contributed by atoms with E-state index in [1.165, 1.54) is 4.90 Å². The van der Waals surface area contributed by atoms with Crippen LogP contribution < -0.4 is 15.0 Å². The summed E-state index contributed by atoms with van der Waals surface area (Å²) in [6, 6.07) is 28.2. The van der Waals surface area contributed by atoms with Crippen molar-refractivity contribution >= 4 is 40.1 Å². The highest BCUT2D eigenvalue weighted by Crippen LogP contribution is 2.45. The molecule has 2 N–H and O–H groups in total. The number of aromatic nitrogens is 1. The van der Waals surface area contributed by atoms with Crippen LogP contribution in [0.1, 0.15) is 58.5 Å². The highest BCUT2D eigenvalue weighted by atomic mass is 16.5. The van der Waals surface area contributed by atoms with Gasteiger partial charge in [-0.05, 0) is 65.1 Å². The summed E-state index contributed by atoms with van der Waals surface area (Å²) >= 11 is 0. The Morgan fingerprint density at radius 1 is 0.932 bits per heavy atom. The number of hydrogen-bond donors (Lipinski definition) is 2. The van der Waals surface area contributed by atoms with Crippen LogP contribution in [-0.4, -0.2) is 40.9 Å². The molecule has 7 rings (SSSR count). The van der Waals surface area contributed by atoms with Crippen LogP contribution >= 0.6 is 0 Å². The Bertz CT molecular complexity index is 1930. The molecular weight excluding hydrogens is 552 g/mol. The van der Waals surface area contributed by atoms with Gasteiger partial charge in [0.2, 0.25) is 0 Å². The van der Waals surface area contributed by atoms with Gasteiger partial charge in [-0.3, -0.25) is 14.5 Å². The lowest BCUT2D eigenvalue weighted by atomic mass is 9.89. The quantitative estimate of drug-likeness (QED) is 0.210. The molecule has 4 amide bonds. The second kappa shape index (κ2) is 10.7. The standard InChI is InChI=1S/C36H32N4O4/c1-21(2)22-15-17-24(18-16-22)37-34(41)27-12-5-7-14-30(27)40-35(42)31-20-28-26-11-4-6-13-29(26)38-32(28)33(39(31)36(40)43)23-9-8-10-25(19-23)44-3/h4-19,21,31,33,38H,20H2,1-3H3,(H,37,41)/t31-,33-/m0/s1. The molecule has 1 saturated heterocycles. The average molecular weight is 585 g/mol. The summed E-state index contributed by atoms with van der Waals surface area (Å²) in [6.07, 6.45) is 0.359. The maximum Gasteiger partial charge on any atom is 0.332 e. The smallest absolute Gasteiger partial charge is 0.332 e. The number of urea groups is 1. The molecular formula is C36H32N4O4. The molecule has 220 valence electrons. The fraction of sp³-hybridized carbons (Fsp3) is 0.194. The number of amides is 4. The number of rotatable bonds is 6. The number of imide groups is 1. The van der Waals surface area contributed by atoms with E-state index in [9.17, 15) is 14.4 Å². The van der Waals surface area contributed by atoms with Gasteiger partial charge in [-0.1, -0.05) is 68.4 Å². The number of benzene rings is 4. The number of fused-ring (bicyclic) bond motifs is 4. The minimum atomic E-state index is -0.745. The summed E-state index contributed by atoms with van der Waals surface area (Å²) in [6.45, 7) is 4.22. The van der Waals surface area contributed by atoms with Gasteiger partial charge in [0.1, 0.15) is 17.8 Å². The van der Waals surface area contributed by atoms with Crippen molar-refractivity contribution in [3.63, 3.8) is 0 Å². The highest BCUT2D eigenvalue weighted by molar-refractivity contribution is 6.24. The summed E-state index contributed by atoms with van der Waals surface area (Å²) < 4.78 is 5.52. The lowest BCUT2D eigenvalue weighted by Gasteiger charge is -2.36. The third-order valence-corrected chi connectivity index (χ3v) is 8.68. The fourth-order valence-corrected chi connectivity index (χ4v) is 6.46. The van der Waals surface area contributed by atoms with E-state index in [4.69, 9.17) is 4.74 Å². The molecule has 2 aliphatic rings. The number of anilines is 2. The molecule has 4 aromatic carbocycles.